The van der Waals surface area contributed by atoms with Gasteiger partial charge in [-0.05, 0) is 12.8 Å². The number of nitrogens with two attached hydrogens (primary N) is 1. The molecule has 112 valence electrons. The minimum Gasteiger partial charge on any atom is -0.354 e. The van der Waals surface area contributed by atoms with Gasteiger partial charge >= 0.3 is 0 Å². The average Bonchev–Trinajstić information content (AvgIpc) is 2.80. The zero-order chi connectivity index (χ0) is 15.1. The fraction of sp³-hybridized carbons (Fsp3) is 0.615. The Balaban J connectivity index is 2.19. The lowest BCUT2D eigenvalue weighted by molar-refractivity contribution is -0.127. The molecule has 1 rings (SSSR count). The Labute approximate surface area is 123 Å². The van der Waals surface area contributed by atoms with Gasteiger partial charge in [-0.1, -0.05) is 13.8 Å². The third kappa shape index (κ3) is 5.66. The van der Waals surface area contributed by atoms with Crippen LogP contribution in [0.25, 0.3) is 0 Å². The second-order valence-corrected chi connectivity index (χ2v) is 6.01. The number of amides is 2. The quantitative estimate of drug-likeness (QED) is 0.670. The molecule has 0 aliphatic heterocycles. The van der Waals surface area contributed by atoms with Crippen molar-refractivity contribution >= 4 is 23.2 Å². The predicted molar refractivity (Wildman–Crippen MR) is 79.4 cm³/mol. The van der Waals surface area contributed by atoms with Gasteiger partial charge in [0, 0.05) is 18.3 Å². The summed E-state index contributed by atoms with van der Waals surface area (Å²) in [5.41, 5.74) is 6.64. The van der Waals surface area contributed by atoms with Crippen molar-refractivity contribution in [1.82, 2.24) is 15.6 Å². The van der Waals surface area contributed by atoms with E-state index in [-0.39, 0.29) is 24.3 Å². The van der Waals surface area contributed by atoms with Crippen LogP contribution in [0.1, 0.15) is 24.5 Å². The summed E-state index contributed by atoms with van der Waals surface area (Å²) >= 11 is 1.59. The lowest BCUT2D eigenvalue weighted by Crippen LogP contribution is -2.47. The Morgan fingerprint density at radius 3 is 2.65 bits per heavy atom. The topological polar surface area (TPSA) is 97.1 Å². The maximum Gasteiger partial charge on any atom is 0.239 e. The number of nitrogens with one attached hydrogen (secondary N) is 2. The number of carbonyl (C=O) groups is 2. The molecular formula is C13H22N4O2S. The molecule has 0 radical (unpaired) electrons. The van der Waals surface area contributed by atoms with E-state index in [1.165, 1.54) is 0 Å². The van der Waals surface area contributed by atoms with Crippen molar-refractivity contribution in [2.24, 2.45) is 11.7 Å². The van der Waals surface area contributed by atoms with Crippen LogP contribution in [0.2, 0.25) is 0 Å². The van der Waals surface area contributed by atoms with Crippen LogP contribution in [0.4, 0.5) is 0 Å². The van der Waals surface area contributed by atoms with Gasteiger partial charge in [0.25, 0.3) is 0 Å². The summed E-state index contributed by atoms with van der Waals surface area (Å²) in [5.74, 6) is -0.475. The van der Waals surface area contributed by atoms with E-state index in [1.54, 1.807) is 11.3 Å². The summed E-state index contributed by atoms with van der Waals surface area (Å²) < 4.78 is 0. The number of nitrogens with zero attached hydrogens (tertiary/aromatic N) is 1. The molecule has 1 heterocycles. The van der Waals surface area contributed by atoms with Gasteiger partial charge in [0.1, 0.15) is 0 Å². The Morgan fingerprint density at radius 2 is 2.10 bits per heavy atom. The van der Waals surface area contributed by atoms with E-state index in [0.717, 1.165) is 10.7 Å². The maximum absolute atomic E-state index is 11.6. The number of rotatable bonds is 7. The summed E-state index contributed by atoms with van der Waals surface area (Å²) in [6.45, 7) is 6.13. The molecule has 0 aromatic carbocycles. The average molecular weight is 298 g/mol. The molecule has 0 saturated carbocycles. The van der Waals surface area contributed by atoms with Gasteiger partial charge in [-0.2, -0.15) is 0 Å². The summed E-state index contributed by atoms with van der Waals surface area (Å²) in [5, 5.41) is 8.25. The molecule has 0 bridgehead atoms. The SMILES string of the molecule is Cc1nc(CCNC(=O)CNC(=O)[C@@H](N)C(C)C)cs1. The van der Waals surface area contributed by atoms with Gasteiger partial charge in [-0.25, -0.2) is 4.98 Å². The molecule has 0 aliphatic carbocycles. The minimum absolute atomic E-state index is 0.0463. The number of carbonyl (C=O) groups excluding carboxylic acids is 2. The molecule has 2 amide bonds. The first-order chi connectivity index (χ1) is 9.40. The van der Waals surface area contributed by atoms with E-state index < -0.39 is 6.04 Å². The van der Waals surface area contributed by atoms with E-state index in [2.05, 4.69) is 15.6 Å². The fourth-order valence-electron chi connectivity index (χ4n) is 1.50. The van der Waals surface area contributed by atoms with Gasteiger partial charge in [-0.3, -0.25) is 9.59 Å². The van der Waals surface area contributed by atoms with Crippen LogP contribution in [0.3, 0.4) is 0 Å². The first-order valence-electron chi connectivity index (χ1n) is 6.61. The number of hydrogen-bond donors (Lipinski definition) is 3. The summed E-state index contributed by atoms with van der Waals surface area (Å²) in [7, 11) is 0. The van der Waals surface area contributed by atoms with E-state index in [4.69, 9.17) is 5.73 Å². The number of aromatic nitrogens is 1. The predicted octanol–water partition coefficient (Wildman–Crippen LogP) is 0.210. The Morgan fingerprint density at radius 1 is 1.40 bits per heavy atom. The Kier molecular flexibility index (Phi) is 6.60. The van der Waals surface area contributed by atoms with Crippen molar-refractivity contribution in [3.8, 4) is 0 Å². The second kappa shape index (κ2) is 7.96. The van der Waals surface area contributed by atoms with E-state index in [9.17, 15) is 9.59 Å². The zero-order valence-corrected chi connectivity index (χ0v) is 12.9. The van der Waals surface area contributed by atoms with Crippen molar-refractivity contribution < 1.29 is 9.59 Å². The third-order valence-corrected chi connectivity index (χ3v) is 3.64. The van der Waals surface area contributed by atoms with Gasteiger partial charge in [0.15, 0.2) is 0 Å². The van der Waals surface area contributed by atoms with Crippen molar-refractivity contribution in [1.29, 1.82) is 0 Å². The molecule has 0 saturated heterocycles. The molecule has 4 N–H and O–H groups in total. The summed E-state index contributed by atoms with van der Waals surface area (Å²) in [6.07, 6.45) is 0.690. The van der Waals surface area contributed by atoms with Gasteiger partial charge < -0.3 is 16.4 Å². The van der Waals surface area contributed by atoms with Crippen LogP contribution < -0.4 is 16.4 Å². The van der Waals surface area contributed by atoms with E-state index in [0.29, 0.717) is 13.0 Å². The third-order valence-electron chi connectivity index (χ3n) is 2.81. The molecule has 20 heavy (non-hydrogen) atoms. The summed E-state index contributed by atoms with van der Waals surface area (Å²) in [6, 6.07) is -0.583. The lowest BCUT2D eigenvalue weighted by atomic mass is 10.1. The van der Waals surface area contributed by atoms with Crippen LogP contribution in [0, 0.1) is 12.8 Å². The Bertz CT molecular complexity index is 459. The number of aryl methyl sites for hydroxylation is 1. The highest BCUT2D eigenvalue weighted by Gasteiger charge is 2.17. The molecule has 1 atom stereocenters. The van der Waals surface area contributed by atoms with Crippen molar-refractivity contribution in [2.75, 3.05) is 13.1 Å². The molecular weight excluding hydrogens is 276 g/mol. The zero-order valence-electron chi connectivity index (χ0n) is 12.1. The lowest BCUT2D eigenvalue weighted by Gasteiger charge is -2.15. The molecule has 1 aromatic rings. The van der Waals surface area contributed by atoms with Crippen LogP contribution in [-0.4, -0.2) is 35.9 Å². The standard InChI is InChI=1S/C13H22N4O2S/c1-8(2)12(14)13(19)16-6-11(18)15-5-4-10-7-20-9(3)17-10/h7-8,12H,4-6,14H2,1-3H3,(H,15,18)(H,16,19)/t12-/m0/s1. The van der Waals surface area contributed by atoms with E-state index in [1.807, 2.05) is 26.2 Å². The van der Waals surface area contributed by atoms with Gasteiger partial charge in [0.2, 0.25) is 11.8 Å². The molecule has 0 fully saturated rings. The normalized spacial score (nSPS) is 12.2. The van der Waals surface area contributed by atoms with Crippen LogP contribution in [0.5, 0.6) is 0 Å². The van der Waals surface area contributed by atoms with Crippen LogP contribution in [-0.2, 0) is 16.0 Å². The largest absolute Gasteiger partial charge is 0.354 e. The molecule has 0 aliphatic rings. The number of hydrogen-bond acceptors (Lipinski definition) is 5. The highest BCUT2D eigenvalue weighted by Crippen LogP contribution is 2.07. The van der Waals surface area contributed by atoms with Gasteiger partial charge in [-0.15, -0.1) is 11.3 Å². The van der Waals surface area contributed by atoms with Crippen molar-refractivity contribution in [3.05, 3.63) is 16.1 Å². The first kappa shape index (κ1) is 16.6. The van der Waals surface area contributed by atoms with Gasteiger partial charge in [0.05, 0.1) is 23.3 Å². The van der Waals surface area contributed by atoms with Crippen LogP contribution in [0.15, 0.2) is 5.38 Å². The Hall–Kier alpha value is -1.47. The molecule has 6 nitrogen and oxygen atoms in total. The smallest absolute Gasteiger partial charge is 0.239 e. The monoisotopic (exact) mass is 298 g/mol. The molecule has 7 heteroatoms. The molecule has 0 spiro atoms. The van der Waals surface area contributed by atoms with E-state index >= 15 is 0 Å². The highest BCUT2D eigenvalue weighted by molar-refractivity contribution is 7.09. The first-order valence-corrected chi connectivity index (χ1v) is 7.49. The minimum atomic E-state index is -0.583. The maximum atomic E-state index is 11.6. The summed E-state index contributed by atoms with van der Waals surface area (Å²) in [4.78, 5) is 27.4. The number of thiazole rings is 1. The van der Waals surface area contributed by atoms with Crippen LogP contribution >= 0.6 is 11.3 Å². The van der Waals surface area contributed by atoms with Crippen molar-refractivity contribution in [2.45, 2.75) is 33.2 Å². The fourth-order valence-corrected chi connectivity index (χ4v) is 2.15. The molecule has 1 aromatic heterocycles. The second-order valence-electron chi connectivity index (χ2n) is 4.95. The highest BCUT2D eigenvalue weighted by atomic mass is 32.1. The molecule has 0 unspecified atom stereocenters. The van der Waals surface area contributed by atoms with Crippen molar-refractivity contribution in [3.63, 3.8) is 0 Å².